The first-order chi connectivity index (χ1) is 10.4. The summed E-state index contributed by atoms with van der Waals surface area (Å²) in [6.07, 6.45) is 2.44. The van der Waals surface area contributed by atoms with Gasteiger partial charge < -0.3 is 4.74 Å². The van der Waals surface area contributed by atoms with E-state index in [1.54, 1.807) is 0 Å². The summed E-state index contributed by atoms with van der Waals surface area (Å²) in [7, 11) is 1.22. The zero-order valence-corrected chi connectivity index (χ0v) is 12.8. The normalized spacial score (nSPS) is 11.0. The molecule has 0 saturated heterocycles. The van der Waals surface area contributed by atoms with Crippen molar-refractivity contribution in [1.82, 2.24) is 4.98 Å². The van der Waals surface area contributed by atoms with E-state index in [0.29, 0.717) is 0 Å². The Kier molecular flexibility index (Phi) is 5.11. The summed E-state index contributed by atoms with van der Waals surface area (Å²) in [4.78, 5) is 15.0. The van der Waals surface area contributed by atoms with Crippen LogP contribution in [0.3, 0.4) is 0 Å². The number of esters is 1. The topological polar surface area (TPSA) is 39.2 Å². The Bertz CT molecular complexity index is 763. The summed E-state index contributed by atoms with van der Waals surface area (Å²) in [5, 5.41) is 0.0188. The highest BCUT2D eigenvalue weighted by molar-refractivity contribution is 6.34. The minimum Gasteiger partial charge on any atom is -0.466 e. The van der Waals surface area contributed by atoms with Crippen LogP contribution in [0.1, 0.15) is 5.56 Å². The fourth-order valence-electron chi connectivity index (χ4n) is 1.80. The van der Waals surface area contributed by atoms with E-state index in [1.165, 1.54) is 25.3 Å². The van der Waals surface area contributed by atoms with Crippen LogP contribution in [0, 0.1) is 11.6 Å². The third kappa shape index (κ3) is 3.61. The lowest BCUT2D eigenvalue weighted by Gasteiger charge is -2.10. The van der Waals surface area contributed by atoms with Gasteiger partial charge in [0.15, 0.2) is 0 Å². The van der Waals surface area contributed by atoms with Crippen LogP contribution in [0.25, 0.3) is 17.2 Å². The summed E-state index contributed by atoms with van der Waals surface area (Å²) < 4.78 is 31.5. The molecule has 0 unspecified atom stereocenters. The minimum absolute atomic E-state index is 0.0219. The van der Waals surface area contributed by atoms with Gasteiger partial charge in [-0.1, -0.05) is 23.2 Å². The summed E-state index contributed by atoms with van der Waals surface area (Å²) in [5.74, 6) is -2.11. The second-order valence-electron chi connectivity index (χ2n) is 4.18. The SMILES string of the molecule is COC(=O)/C=C/c1c(-c2ccc(F)cc2F)cc(Cl)nc1Cl. The van der Waals surface area contributed by atoms with E-state index in [2.05, 4.69) is 9.72 Å². The first kappa shape index (κ1) is 16.4. The Hall–Kier alpha value is -1.98. The number of hydrogen-bond donors (Lipinski definition) is 0. The molecule has 0 fully saturated rings. The maximum absolute atomic E-state index is 14.0. The zero-order valence-electron chi connectivity index (χ0n) is 11.2. The molecule has 0 aliphatic heterocycles. The van der Waals surface area contributed by atoms with Crippen molar-refractivity contribution < 1.29 is 18.3 Å². The summed E-state index contributed by atoms with van der Waals surface area (Å²) in [6, 6.07) is 4.47. The molecule has 0 N–H and O–H groups in total. The van der Waals surface area contributed by atoms with E-state index in [-0.39, 0.29) is 27.0 Å². The van der Waals surface area contributed by atoms with E-state index < -0.39 is 17.6 Å². The number of pyridine rings is 1. The molecule has 0 spiro atoms. The fraction of sp³-hybridized carbons (Fsp3) is 0.0667. The number of hydrogen-bond acceptors (Lipinski definition) is 3. The maximum Gasteiger partial charge on any atom is 0.330 e. The molecule has 0 saturated carbocycles. The van der Waals surface area contributed by atoms with Gasteiger partial charge >= 0.3 is 5.97 Å². The van der Waals surface area contributed by atoms with E-state index >= 15 is 0 Å². The number of ether oxygens (including phenoxy) is 1. The summed E-state index contributed by atoms with van der Waals surface area (Å²) >= 11 is 11.8. The van der Waals surface area contributed by atoms with Gasteiger partial charge in [-0.3, -0.25) is 0 Å². The molecule has 0 bridgehead atoms. The van der Waals surface area contributed by atoms with Crippen molar-refractivity contribution in [2.24, 2.45) is 0 Å². The highest BCUT2D eigenvalue weighted by Crippen LogP contribution is 2.33. The van der Waals surface area contributed by atoms with E-state index in [0.717, 1.165) is 18.2 Å². The van der Waals surface area contributed by atoms with Crippen LogP contribution in [0.2, 0.25) is 10.3 Å². The monoisotopic (exact) mass is 343 g/mol. The molecule has 0 atom stereocenters. The van der Waals surface area contributed by atoms with Crippen LogP contribution in [0.5, 0.6) is 0 Å². The maximum atomic E-state index is 14.0. The van der Waals surface area contributed by atoms with Crippen molar-refractivity contribution >= 4 is 35.2 Å². The molecule has 0 aliphatic rings. The Labute approximate surface area is 135 Å². The zero-order chi connectivity index (χ0) is 16.3. The van der Waals surface area contributed by atoms with Crippen LogP contribution < -0.4 is 0 Å². The molecule has 22 heavy (non-hydrogen) atoms. The van der Waals surface area contributed by atoms with E-state index in [9.17, 15) is 13.6 Å². The molecular weight excluding hydrogens is 335 g/mol. The third-order valence-corrected chi connectivity index (χ3v) is 3.27. The predicted molar refractivity (Wildman–Crippen MR) is 80.7 cm³/mol. The molecule has 3 nitrogen and oxygen atoms in total. The quantitative estimate of drug-likeness (QED) is 0.467. The van der Waals surface area contributed by atoms with Crippen LogP contribution >= 0.6 is 23.2 Å². The summed E-state index contributed by atoms with van der Waals surface area (Å²) in [5.41, 5.74) is 0.627. The molecule has 2 aromatic rings. The van der Waals surface area contributed by atoms with Gasteiger partial charge in [-0.2, -0.15) is 0 Å². The van der Waals surface area contributed by atoms with Crippen molar-refractivity contribution in [3.63, 3.8) is 0 Å². The number of methoxy groups -OCH3 is 1. The van der Waals surface area contributed by atoms with Gasteiger partial charge in [0.25, 0.3) is 0 Å². The van der Waals surface area contributed by atoms with Crippen molar-refractivity contribution in [3.05, 3.63) is 57.8 Å². The number of rotatable bonds is 3. The average molecular weight is 344 g/mol. The van der Waals surface area contributed by atoms with Crippen LogP contribution in [0.15, 0.2) is 30.3 Å². The lowest BCUT2D eigenvalue weighted by Crippen LogP contribution is -1.96. The Balaban J connectivity index is 2.63. The lowest BCUT2D eigenvalue weighted by atomic mass is 10.0. The first-order valence-electron chi connectivity index (χ1n) is 6.00. The number of halogens is 4. The van der Waals surface area contributed by atoms with Gasteiger partial charge in [0.2, 0.25) is 0 Å². The summed E-state index contributed by atoms with van der Waals surface area (Å²) in [6.45, 7) is 0. The number of carbonyl (C=O) groups is 1. The molecule has 1 aromatic carbocycles. The first-order valence-corrected chi connectivity index (χ1v) is 6.75. The second kappa shape index (κ2) is 6.85. The molecule has 0 radical (unpaired) electrons. The second-order valence-corrected chi connectivity index (χ2v) is 4.92. The Morgan fingerprint density at radius 2 is 1.95 bits per heavy atom. The van der Waals surface area contributed by atoms with Crippen molar-refractivity contribution in [1.29, 1.82) is 0 Å². The Morgan fingerprint density at radius 1 is 1.23 bits per heavy atom. The van der Waals surface area contributed by atoms with Crippen molar-refractivity contribution in [2.45, 2.75) is 0 Å². The van der Waals surface area contributed by atoms with E-state index in [1.807, 2.05) is 0 Å². The molecule has 2 rings (SSSR count). The number of carbonyl (C=O) groups excluding carboxylic acids is 1. The molecule has 1 heterocycles. The fourth-order valence-corrected chi connectivity index (χ4v) is 2.30. The van der Waals surface area contributed by atoms with Crippen LogP contribution in [-0.4, -0.2) is 18.1 Å². The standard InChI is InChI=1S/C15H9Cl2F2NO2/c1-22-14(21)5-4-10-11(7-13(16)20-15(10)17)9-3-2-8(18)6-12(9)19/h2-7H,1H3/b5-4+. The highest BCUT2D eigenvalue weighted by atomic mass is 35.5. The molecule has 114 valence electrons. The van der Waals surface area contributed by atoms with Gasteiger partial charge in [0.05, 0.1) is 7.11 Å². The molecule has 1 aromatic heterocycles. The number of nitrogens with zero attached hydrogens (tertiary/aromatic N) is 1. The smallest absolute Gasteiger partial charge is 0.330 e. The molecule has 0 amide bonds. The van der Waals surface area contributed by atoms with Crippen molar-refractivity contribution in [2.75, 3.05) is 7.11 Å². The molecular formula is C15H9Cl2F2NO2. The number of aromatic nitrogens is 1. The minimum atomic E-state index is -0.786. The van der Waals surface area contributed by atoms with E-state index in [4.69, 9.17) is 23.2 Å². The van der Waals surface area contributed by atoms with Gasteiger partial charge in [0.1, 0.15) is 21.9 Å². The van der Waals surface area contributed by atoms with Crippen LogP contribution in [-0.2, 0) is 9.53 Å². The van der Waals surface area contributed by atoms with Gasteiger partial charge in [0, 0.05) is 23.3 Å². The van der Waals surface area contributed by atoms with Gasteiger partial charge in [-0.15, -0.1) is 0 Å². The molecule has 0 aliphatic carbocycles. The largest absolute Gasteiger partial charge is 0.466 e. The Morgan fingerprint density at radius 3 is 2.59 bits per heavy atom. The van der Waals surface area contributed by atoms with Crippen molar-refractivity contribution in [3.8, 4) is 11.1 Å². The van der Waals surface area contributed by atoms with Gasteiger partial charge in [-0.25, -0.2) is 18.6 Å². The third-order valence-electron chi connectivity index (χ3n) is 2.79. The average Bonchev–Trinajstić information content (AvgIpc) is 2.45. The molecule has 7 heteroatoms. The lowest BCUT2D eigenvalue weighted by molar-refractivity contribution is -0.134. The van der Waals surface area contributed by atoms with Gasteiger partial charge in [-0.05, 0) is 29.8 Å². The predicted octanol–water partition coefficient (Wildman–Crippen LogP) is 4.52. The van der Waals surface area contributed by atoms with Crippen LogP contribution in [0.4, 0.5) is 8.78 Å². The number of benzene rings is 1. The highest BCUT2D eigenvalue weighted by Gasteiger charge is 2.14.